The maximum Gasteiger partial charge on any atom is 0.231 e. The molecule has 6 heteroatoms. The molecule has 2 aromatic carbocycles. The van der Waals surface area contributed by atoms with Crippen molar-refractivity contribution in [1.29, 1.82) is 0 Å². The summed E-state index contributed by atoms with van der Waals surface area (Å²) in [5, 5.41) is 3.13. The lowest BCUT2D eigenvalue weighted by Gasteiger charge is -2.36. The third-order valence-electron chi connectivity index (χ3n) is 5.66. The monoisotopic (exact) mass is 480 g/mol. The van der Waals surface area contributed by atoms with E-state index in [1.54, 1.807) is 6.20 Å². The molecule has 3 aromatic rings. The molecule has 1 N–H and O–H groups in total. The van der Waals surface area contributed by atoms with Gasteiger partial charge in [-0.1, -0.05) is 58.4 Å². The number of nitrogens with zero attached hydrogens (tertiary/aromatic N) is 1. The number of hydrogen-bond acceptors (Lipinski definition) is 4. The second-order valence-electron chi connectivity index (χ2n) is 7.66. The Labute approximate surface area is 190 Å². The van der Waals surface area contributed by atoms with Crippen LogP contribution >= 0.6 is 15.9 Å². The molecule has 5 nitrogen and oxygen atoms in total. The Hall–Kier alpha value is -2.70. The van der Waals surface area contributed by atoms with Crippen molar-refractivity contribution in [2.24, 2.45) is 0 Å². The van der Waals surface area contributed by atoms with Gasteiger partial charge in [-0.15, -0.1) is 0 Å². The fraction of sp³-hybridized carbons (Fsp3) is 0.280. The molecule has 0 saturated carbocycles. The Bertz CT molecular complexity index is 1000. The summed E-state index contributed by atoms with van der Waals surface area (Å²) in [6, 6.07) is 21.8. The SMILES string of the molecule is O=C(NCc1ccnc(OCc2ccccc2)c1)C1(c2ccc(Br)cc2)CCOCC1. The topological polar surface area (TPSA) is 60.5 Å². The molecule has 1 fully saturated rings. The normalized spacial score (nSPS) is 15.3. The number of aromatic nitrogens is 1. The fourth-order valence-corrected chi connectivity index (χ4v) is 4.12. The summed E-state index contributed by atoms with van der Waals surface area (Å²) >= 11 is 3.48. The van der Waals surface area contributed by atoms with Crippen LogP contribution in [-0.4, -0.2) is 24.1 Å². The van der Waals surface area contributed by atoms with Crippen LogP contribution in [0.25, 0.3) is 0 Å². The summed E-state index contributed by atoms with van der Waals surface area (Å²) < 4.78 is 12.4. The van der Waals surface area contributed by atoms with Crippen LogP contribution in [0.5, 0.6) is 5.88 Å². The number of hydrogen-bond donors (Lipinski definition) is 1. The van der Waals surface area contributed by atoms with Crippen molar-refractivity contribution in [3.8, 4) is 5.88 Å². The lowest BCUT2D eigenvalue weighted by Crippen LogP contribution is -2.47. The first-order chi connectivity index (χ1) is 15.2. The molecule has 1 aliphatic rings. The summed E-state index contributed by atoms with van der Waals surface area (Å²) in [5.74, 6) is 0.575. The highest BCUT2D eigenvalue weighted by Gasteiger charge is 2.41. The van der Waals surface area contributed by atoms with Crippen LogP contribution in [0, 0.1) is 0 Å². The van der Waals surface area contributed by atoms with Gasteiger partial charge in [0, 0.05) is 36.5 Å². The zero-order valence-corrected chi connectivity index (χ0v) is 18.8. The molecule has 1 aliphatic heterocycles. The molecule has 0 unspecified atom stereocenters. The first-order valence-corrected chi connectivity index (χ1v) is 11.2. The zero-order chi connectivity index (χ0) is 21.5. The Kier molecular flexibility index (Phi) is 6.99. The van der Waals surface area contributed by atoms with Crippen LogP contribution in [0.3, 0.4) is 0 Å². The Morgan fingerprint density at radius 2 is 1.77 bits per heavy atom. The number of amides is 1. The standard InChI is InChI=1S/C25H25BrN2O3/c26-22-8-6-21(7-9-22)25(11-14-30-15-12-25)24(29)28-17-20-10-13-27-23(16-20)31-18-19-4-2-1-3-5-19/h1-10,13,16H,11-12,14-15,17-18H2,(H,28,29). The van der Waals surface area contributed by atoms with Crippen molar-refractivity contribution < 1.29 is 14.3 Å². The minimum absolute atomic E-state index is 0.0293. The smallest absolute Gasteiger partial charge is 0.231 e. The van der Waals surface area contributed by atoms with Gasteiger partial charge < -0.3 is 14.8 Å². The van der Waals surface area contributed by atoms with Gasteiger partial charge in [0.1, 0.15) is 6.61 Å². The van der Waals surface area contributed by atoms with Gasteiger partial charge in [0.15, 0.2) is 0 Å². The second kappa shape index (κ2) is 10.1. The molecule has 0 aliphatic carbocycles. The van der Waals surface area contributed by atoms with Crippen LogP contribution < -0.4 is 10.1 Å². The summed E-state index contributed by atoms with van der Waals surface area (Å²) in [6.45, 7) is 2.03. The maximum absolute atomic E-state index is 13.3. The Morgan fingerprint density at radius 3 is 2.52 bits per heavy atom. The van der Waals surface area contributed by atoms with Gasteiger partial charge >= 0.3 is 0 Å². The molecule has 4 rings (SSSR count). The summed E-state index contributed by atoms with van der Waals surface area (Å²) in [6.07, 6.45) is 3.05. The molecule has 1 saturated heterocycles. The van der Waals surface area contributed by atoms with E-state index in [2.05, 4.69) is 26.2 Å². The minimum atomic E-state index is -0.571. The summed E-state index contributed by atoms with van der Waals surface area (Å²) in [7, 11) is 0. The molecule has 160 valence electrons. The van der Waals surface area contributed by atoms with Gasteiger partial charge in [0.2, 0.25) is 11.8 Å². The summed E-state index contributed by atoms with van der Waals surface area (Å²) in [5.41, 5.74) is 2.49. The number of carbonyl (C=O) groups is 1. The van der Waals surface area contributed by atoms with Gasteiger partial charge in [-0.3, -0.25) is 4.79 Å². The van der Waals surface area contributed by atoms with E-state index in [0.717, 1.165) is 21.2 Å². The highest BCUT2D eigenvalue weighted by molar-refractivity contribution is 9.10. The lowest BCUT2D eigenvalue weighted by molar-refractivity contribution is -0.130. The second-order valence-corrected chi connectivity index (χ2v) is 8.58. The van der Waals surface area contributed by atoms with E-state index in [0.29, 0.717) is 45.1 Å². The number of halogens is 1. The maximum atomic E-state index is 13.3. The van der Waals surface area contributed by atoms with Crippen LogP contribution in [0.4, 0.5) is 0 Å². The predicted octanol–water partition coefficient (Wildman–Crippen LogP) is 4.79. The molecule has 0 atom stereocenters. The van der Waals surface area contributed by atoms with Crippen molar-refractivity contribution in [3.05, 3.63) is 94.1 Å². The number of ether oxygens (including phenoxy) is 2. The van der Waals surface area contributed by atoms with Gasteiger partial charge in [-0.25, -0.2) is 4.98 Å². The van der Waals surface area contributed by atoms with Gasteiger partial charge in [-0.2, -0.15) is 0 Å². The van der Waals surface area contributed by atoms with Gasteiger partial charge in [-0.05, 0) is 47.7 Å². The van der Waals surface area contributed by atoms with Crippen LogP contribution in [0.2, 0.25) is 0 Å². The van der Waals surface area contributed by atoms with Crippen molar-refractivity contribution in [2.75, 3.05) is 13.2 Å². The zero-order valence-electron chi connectivity index (χ0n) is 17.2. The predicted molar refractivity (Wildman–Crippen MR) is 123 cm³/mol. The van der Waals surface area contributed by atoms with Crippen LogP contribution in [0.15, 0.2) is 77.4 Å². The molecule has 0 spiro atoms. The minimum Gasteiger partial charge on any atom is -0.473 e. The molecule has 0 radical (unpaired) electrons. The molecular weight excluding hydrogens is 456 g/mol. The Morgan fingerprint density at radius 1 is 1.03 bits per heavy atom. The third kappa shape index (κ3) is 5.32. The van der Waals surface area contributed by atoms with E-state index in [4.69, 9.17) is 9.47 Å². The molecule has 2 heterocycles. The lowest BCUT2D eigenvalue weighted by atomic mass is 9.73. The largest absolute Gasteiger partial charge is 0.473 e. The summed E-state index contributed by atoms with van der Waals surface area (Å²) in [4.78, 5) is 17.6. The van der Waals surface area contributed by atoms with Crippen molar-refractivity contribution in [3.63, 3.8) is 0 Å². The van der Waals surface area contributed by atoms with Crippen molar-refractivity contribution >= 4 is 21.8 Å². The number of pyridine rings is 1. The van der Waals surface area contributed by atoms with Crippen LogP contribution in [0.1, 0.15) is 29.5 Å². The first-order valence-electron chi connectivity index (χ1n) is 10.4. The van der Waals surface area contributed by atoms with E-state index in [-0.39, 0.29) is 5.91 Å². The molecule has 1 aromatic heterocycles. The van der Waals surface area contributed by atoms with E-state index >= 15 is 0 Å². The van der Waals surface area contributed by atoms with Gasteiger partial charge in [0.05, 0.1) is 5.41 Å². The average molecular weight is 481 g/mol. The van der Waals surface area contributed by atoms with Gasteiger partial charge in [0.25, 0.3) is 0 Å². The van der Waals surface area contributed by atoms with E-state index in [1.807, 2.05) is 66.7 Å². The fourth-order valence-electron chi connectivity index (χ4n) is 3.86. The first kappa shape index (κ1) is 21.5. The highest BCUT2D eigenvalue weighted by Crippen LogP contribution is 2.36. The van der Waals surface area contributed by atoms with Crippen LogP contribution in [-0.2, 0) is 28.1 Å². The molecule has 0 bridgehead atoms. The molecule has 1 amide bonds. The average Bonchev–Trinajstić information content (AvgIpc) is 2.83. The number of rotatable bonds is 7. The van der Waals surface area contributed by atoms with E-state index in [9.17, 15) is 4.79 Å². The number of nitrogens with one attached hydrogen (secondary N) is 1. The number of carbonyl (C=O) groups excluding carboxylic acids is 1. The van der Waals surface area contributed by atoms with Crippen molar-refractivity contribution in [2.45, 2.75) is 31.4 Å². The Balaban J connectivity index is 1.42. The molecule has 31 heavy (non-hydrogen) atoms. The van der Waals surface area contributed by atoms with E-state index in [1.165, 1.54) is 0 Å². The molecular formula is C25H25BrN2O3. The third-order valence-corrected chi connectivity index (χ3v) is 6.19. The highest BCUT2D eigenvalue weighted by atomic mass is 79.9. The van der Waals surface area contributed by atoms with Crippen molar-refractivity contribution in [1.82, 2.24) is 10.3 Å². The quantitative estimate of drug-likeness (QED) is 0.528. The van der Waals surface area contributed by atoms with E-state index < -0.39 is 5.41 Å². The number of benzene rings is 2.